The number of hydrogen-bond donors (Lipinski definition) is 0. The van der Waals surface area contributed by atoms with Crippen LogP contribution < -0.4 is 0 Å². The second-order valence-electron chi connectivity index (χ2n) is 15.1. The maximum absolute atomic E-state index is 5.24. The third kappa shape index (κ3) is 6.09. The van der Waals surface area contributed by atoms with E-state index in [2.05, 4.69) is 188 Å². The Bertz CT molecular complexity index is 3000. The Morgan fingerprint density at radius 3 is 1.93 bits per heavy atom. The Labute approximate surface area is 339 Å². The molecule has 0 fully saturated rings. The van der Waals surface area contributed by atoms with Crippen LogP contribution in [-0.2, 0) is 6.42 Å². The van der Waals surface area contributed by atoms with Crippen molar-refractivity contribution >= 4 is 33.1 Å². The summed E-state index contributed by atoms with van der Waals surface area (Å²) in [6.07, 6.45) is 5.09. The summed E-state index contributed by atoms with van der Waals surface area (Å²) >= 11 is 0. The predicted molar refractivity (Wildman–Crippen MR) is 243 cm³/mol. The van der Waals surface area contributed by atoms with E-state index in [0.717, 1.165) is 78.7 Å². The SMILES string of the molecule is C=C/C(=C\C(=C)n1c2ccccc2c2ccc(-c3nc(-c4ccccc4)c(C)c(-c4ccccc4)n3)cc21)c1ccc2c(c1)[C@H](c1ccccc1)Cc1ccccc1-2. The fourth-order valence-electron chi connectivity index (χ4n) is 8.87. The molecule has 0 unspecified atom stereocenters. The molecule has 3 heteroatoms. The molecule has 0 spiro atoms. The van der Waals surface area contributed by atoms with E-state index in [-0.39, 0.29) is 5.92 Å². The average molecular weight is 744 g/mol. The standard InChI is InChI=1S/C55H41N3/c1-4-38(42-28-30-46-45-25-15-14-24-43(45)34-49(50(46)33-42)39-18-8-5-9-19-39)32-36(2)58-51-27-17-16-26-47(51)48-31-29-44(35-52(48)58)55-56-53(40-20-10-6-11-21-40)37(3)54(57-55)41-22-12-7-13-23-41/h4-33,35,49H,1-2,34H2,3H3/b38-32+/t49-/m0/s1. The van der Waals surface area contributed by atoms with Gasteiger partial charge in [0.25, 0.3) is 0 Å². The number of hydrogen-bond acceptors (Lipinski definition) is 2. The smallest absolute Gasteiger partial charge is 0.160 e. The number of benzene rings is 7. The third-order valence-electron chi connectivity index (χ3n) is 11.7. The van der Waals surface area contributed by atoms with Crippen LogP contribution in [0.1, 0.15) is 33.7 Å². The maximum atomic E-state index is 5.24. The lowest BCUT2D eigenvalue weighted by molar-refractivity contribution is 0.793. The highest BCUT2D eigenvalue weighted by Gasteiger charge is 2.26. The molecule has 0 bridgehead atoms. The van der Waals surface area contributed by atoms with Gasteiger partial charge in [-0.15, -0.1) is 0 Å². The topological polar surface area (TPSA) is 30.7 Å². The van der Waals surface area contributed by atoms with Crippen molar-refractivity contribution in [1.82, 2.24) is 14.5 Å². The Hall–Kier alpha value is -7.36. The van der Waals surface area contributed by atoms with Crippen LogP contribution in [0.3, 0.4) is 0 Å². The van der Waals surface area contributed by atoms with E-state index in [4.69, 9.17) is 16.5 Å². The van der Waals surface area contributed by atoms with Crippen molar-refractivity contribution in [3.05, 3.63) is 229 Å². The normalized spacial score (nSPS) is 13.6. The van der Waals surface area contributed by atoms with Crippen LogP contribution in [0, 0.1) is 6.92 Å². The van der Waals surface area contributed by atoms with Crippen LogP contribution in [-0.4, -0.2) is 14.5 Å². The molecule has 0 radical (unpaired) electrons. The van der Waals surface area contributed by atoms with Crippen molar-refractivity contribution in [2.45, 2.75) is 19.3 Å². The molecule has 0 aliphatic heterocycles. The number of aromatic nitrogens is 3. The Morgan fingerprint density at radius 1 is 0.603 bits per heavy atom. The molecule has 2 heterocycles. The molecule has 1 aliphatic rings. The van der Waals surface area contributed by atoms with Crippen molar-refractivity contribution in [2.75, 3.05) is 0 Å². The van der Waals surface area contributed by atoms with E-state index in [9.17, 15) is 0 Å². The summed E-state index contributed by atoms with van der Waals surface area (Å²) in [4.78, 5) is 10.5. The van der Waals surface area contributed by atoms with Gasteiger partial charge >= 0.3 is 0 Å². The molecule has 58 heavy (non-hydrogen) atoms. The zero-order valence-electron chi connectivity index (χ0n) is 32.4. The van der Waals surface area contributed by atoms with E-state index in [1.807, 2.05) is 18.2 Å². The molecule has 0 amide bonds. The fraction of sp³-hybridized carbons (Fsp3) is 0.0545. The predicted octanol–water partition coefficient (Wildman–Crippen LogP) is 14.0. The highest BCUT2D eigenvalue weighted by Crippen LogP contribution is 2.44. The molecular weight excluding hydrogens is 703 g/mol. The first kappa shape index (κ1) is 35.1. The minimum absolute atomic E-state index is 0.255. The summed E-state index contributed by atoms with van der Waals surface area (Å²) in [6.45, 7) is 11.2. The van der Waals surface area contributed by atoms with Gasteiger partial charge in [0.2, 0.25) is 0 Å². The minimum atomic E-state index is 0.255. The van der Waals surface area contributed by atoms with E-state index in [0.29, 0.717) is 5.82 Å². The fourth-order valence-corrected chi connectivity index (χ4v) is 8.87. The quantitative estimate of drug-likeness (QED) is 0.145. The Morgan fingerprint density at radius 2 is 1.22 bits per heavy atom. The van der Waals surface area contributed by atoms with Crippen molar-refractivity contribution in [2.24, 2.45) is 0 Å². The van der Waals surface area contributed by atoms with Gasteiger partial charge < -0.3 is 4.57 Å². The molecule has 7 aromatic carbocycles. The monoisotopic (exact) mass is 743 g/mol. The lowest BCUT2D eigenvalue weighted by atomic mass is 9.75. The Kier molecular flexibility index (Phi) is 8.84. The van der Waals surface area contributed by atoms with Crippen LogP contribution >= 0.6 is 0 Å². The van der Waals surface area contributed by atoms with Gasteiger partial charge in [-0.05, 0) is 76.6 Å². The van der Waals surface area contributed by atoms with E-state index in [1.54, 1.807) is 0 Å². The molecule has 276 valence electrons. The summed E-state index contributed by atoms with van der Waals surface area (Å²) < 4.78 is 2.27. The number of rotatable bonds is 8. The van der Waals surface area contributed by atoms with Gasteiger partial charge in [-0.25, -0.2) is 9.97 Å². The zero-order chi connectivity index (χ0) is 39.2. The maximum Gasteiger partial charge on any atom is 0.160 e. The summed E-state index contributed by atoms with van der Waals surface area (Å²) in [7, 11) is 0. The highest BCUT2D eigenvalue weighted by molar-refractivity contribution is 6.11. The molecule has 9 aromatic rings. The third-order valence-corrected chi connectivity index (χ3v) is 11.7. The van der Waals surface area contributed by atoms with Gasteiger partial charge in [-0.2, -0.15) is 0 Å². The van der Waals surface area contributed by atoms with Crippen LogP contribution in [0.5, 0.6) is 0 Å². The molecule has 3 nitrogen and oxygen atoms in total. The first-order chi connectivity index (χ1) is 28.6. The van der Waals surface area contributed by atoms with E-state index >= 15 is 0 Å². The lowest BCUT2D eigenvalue weighted by Crippen LogP contribution is -2.13. The number of allylic oxidation sites excluding steroid dienone is 4. The van der Waals surface area contributed by atoms with Gasteiger partial charge in [0, 0.05) is 44.6 Å². The lowest BCUT2D eigenvalue weighted by Gasteiger charge is -2.29. The van der Waals surface area contributed by atoms with Gasteiger partial charge in [0.15, 0.2) is 5.82 Å². The molecule has 10 rings (SSSR count). The van der Waals surface area contributed by atoms with Gasteiger partial charge in [0.05, 0.1) is 22.4 Å². The Balaban J connectivity index is 1.11. The van der Waals surface area contributed by atoms with Crippen LogP contribution in [0.15, 0.2) is 201 Å². The summed E-state index contributed by atoms with van der Waals surface area (Å²) in [5.41, 5.74) is 17.7. The van der Waals surface area contributed by atoms with Gasteiger partial charge in [-0.3, -0.25) is 0 Å². The first-order valence-electron chi connectivity index (χ1n) is 19.9. The highest BCUT2D eigenvalue weighted by atomic mass is 15.0. The van der Waals surface area contributed by atoms with Crippen molar-refractivity contribution in [3.8, 4) is 45.0 Å². The molecular formula is C55H41N3. The van der Waals surface area contributed by atoms with Crippen molar-refractivity contribution in [1.29, 1.82) is 0 Å². The molecule has 2 aromatic heterocycles. The first-order valence-corrected chi connectivity index (χ1v) is 19.9. The molecule has 0 N–H and O–H groups in total. The van der Waals surface area contributed by atoms with Gasteiger partial charge in [0.1, 0.15) is 0 Å². The summed E-state index contributed by atoms with van der Waals surface area (Å²) in [5.74, 6) is 0.934. The van der Waals surface area contributed by atoms with Gasteiger partial charge in [-0.1, -0.05) is 177 Å². The number of fused-ring (bicyclic) bond motifs is 6. The molecule has 0 saturated carbocycles. The summed E-state index contributed by atoms with van der Waals surface area (Å²) in [5, 5.41) is 2.31. The van der Waals surface area contributed by atoms with E-state index < -0.39 is 0 Å². The van der Waals surface area contributed by atoms with E-state index in [1.165, 1.54) is 27.8 Å². The van der Waals surface area contributed by atoms with Crippen molar-refractivity contribution in [3.63, 3.8) is 0 Å². The summed E-state index contributed by atoms with van der Waals surface area (Å²) in [6, 6.07) is 62.5. The molecule has 1 aliphatic carbocycles. The van der Waals surface area contributed by atoms with Crippen molar-refractivity contribution < 1.29 is 0 Å². The average Bonchev–Trinajstić information content (AvgIpc) is 3.62. The van der Waals surface area contributed by atoms with Crippen LogP contribution in [0.25, 0.3) is 78.1 Å². The zero-order valence-corrected chi connectivity index (χ0v) is 32.4. The number of para-hydroxylation sites is 1. The second kappa shape index (κ2) is 14.6. The second-order valence-corrected chi connectivity index (χ2v) is 15.1. The molecule has 0 saturated heterocycles. The van der Waals surface area contributed by atoms with Crippen LogP contribution in [0.2, 0.25) is 0 Å². The largest absolute Gasteiger partial charge is 0.310 e. The molecule has 1 atom stereocenters. The van der Waals surface area contributed by atoms with Crippen LogP contribution in [0.4, 0.5) is 0 Å². The minimum Gasteiger partial charge on any atom is -0.310 e. The number of nitrogens with zero attached hydrogens (tertiary/aromatic N) is 3.